The highest BCUT2D eigenvalue weighted by atomic mass is 127. The van der Waals surface area contributed by atoms with E-state index < -0.39 is 12.8 Å². The van der Waals surface area contributed by atoms with Crippen LogP contribution in [0.4, 0.5) is 13.2 Å². The number of guanidine groups is 1. The lowest BCUT2D eigenvalue weighted by molar-refractivity contribution is -0.173. The molecule has 0 aromatic rings. The number of nitrogens with zero attached hydrogens (tertiary/aromatic N) is 2. The van der Waals surface area contributed by atoms with Gasteiger partial charge in [-0.25, -0.2) is 0 Å². The van der Waals surface area contributed by atoms with Crippen LogP contribution in [0.1, 0.15) is 20.3 Å². The third kappa shape index (κ3) is 9.29. The number of aliphatic imine (C=N–C) groups is 1. The second-order valence-corrected chi connectivity index (χ2v) is 7.33. The first-order chi connectivity index (χ1) is 9.73. The van der Waals surface area contributed by atoms with Gasteiger partial charge in [0.05, 0.1) is 0 Å². The molecule has 1 fully saturated rings. The number of halogens is 4. The lowest BCUT2D eigenvalue weighted by Crippen LogP contribution is -2.51. The molecule has 1 heterocycles. The second kappa shape index (κ2) is 10.1. The lowest BCUT2D eigenvalue weighted by Gasteiger charge is -2.39. The molecule has 0 aromatic carbocycles. The van der Waals surface area contributed by atoms with Crippen LogP contribution in [-0.4, -0.2) is 67.4 Å². The largest absolute Gasteiger partial charge is 0.411 e. The maximum Gasteiger partial charge on any atom is 0.411 e. The zero-order valence-electron chi connectivity index (χ0n) is 13.2. The normalized spacial score (nSPS) is 18.8. The molecule has 0 radical (unpaired) electrons. The van der Waals surface area contributed by atoms with E-state index >= 15 is 0 Å². The molecule has 0 aliphatic carbocycles. The average molecular weight is 455 g/mol. The molecule has 1 aliphatic heterocycles. The van der Waals surface area contributed by atoms with E-state index in [4.69, 9.17) is 0 Å². The van der Waals surface area contributed by atoms with Crippen molar-refractivity contribution in [3.63, 3.8) is 0 Å². The van der Waals surface area contributed by atoms with Gasteiger partial charge in [0.25, 0.3) is 0 Å². The van der Waals surface area contributed by atoms with Crippen molar-refractivity contribution in [2.24, 2.45) is 4.99 Å². The van der Waals surface area contributed by atoms with Crippen LogP contribution in [-0.2, 0) is 4.74 Å². The molecule has 0 bridgehead atoms. The Morgan fingerprint density at radius 1 is 1.41 bits per heavy atom. The minimum atomic E-state index is -4.25. The average Bonchev–Trinajstić information content (AvgIpc) is 2.35. The molecule has 1 N–H and O–H groups in total. The molecule has 0 spiro atoms. The summed E-state index contributed by atoms with van der Waals surface area (Å²) in [5.74, 6) is 1.85. The Hall–Kier alpha value is 0.1000. The van der Waals surface area contributed by atoms with Gasteiger partial charge >= 0.3 is 6.18 Å². The maximum absolute atomic E-state index is 11.9. The van der Waals surface area contributed by atoms with E-state index in [9.17, 15) is 13.2 Å². The summed E-state index contributed by atoms with van der Waals surface area (Å²) in [7, 11) is 1.72. The van der Waals surface area contributed by atoms with Crippen molar-refractivity contribution in [1.29, 1.82) is 0 Å². The minimum Gasteiger partial charge on any atom is -0.372 e. The molecule has 1 saturated heterocycles. The maximum atomic E-state index is 11.9. The van der Waals surface area contributed by atoms with Crippen molar-refractivity contribution in [2.75, 3.05) is 45.6 Å². The summed E-state index contributed by atoms with van der Waals surface area (Å²) < 4.78 is 40.4. The molecule has 0 amide bonds. The summed E-state index contributed by atoms with van der Waals surface area (Å²) in [4.78, 5) is 6.42. The fraction of sp³-hybridized carbons (Fsp3) is 0.923. The van der Waals surface area contributed by atoms with Gasteiger partial charge in [-0.1, -0.05) is 0 Å². The molecule has 0 saturated carbocycles. The van der Waals surface area contributed by atoms with E-state index in [-0.39, 0.29) is 35.3 Å². The van der Waals surface area contributed by atoms with Gasteiger partial charge in [0.15, 0.2) is 5.96 Å². The molecule has 9 heteroatoms. The summed E-state index contributed by atoms with van der Waals surface area (Å²) in [6.45, 7) is 5.68. The number of thioether (sulfide) groups is 1. The van der Waals surface area contributed by atoms with Crippen LogP contribution in [0.5, 0.6) is 0 Å². The van der Waals surface area contributed by atoms with Crippen molar-refractivity contribution in [1.82, 2.24) is 10.2 Å². The molecular formula is C13H25F3IN3OS. The number of hydrogen-bond donors (Lipinski definition) is 1. The second-order valence-electron chi connectivity index (χ2n) is 5.53. The third-order valence-corrected chi connectivity index (χ3v) is 4.25. The molecule has 0 aromatic heterocycles. The minimum absolute atomic E-state index is 0. The Morgan fingerprint density at radius 3 is 2.64 bits per heavy atom. The van der Waals surface area contributed by atoms with E-state index in [0.29, 0.717) is 13.0 Å². The Kier molecular flexibility index (Phi) is 10.1. The van der Waals surface area contributed by atoms with E-state index in [2.05, 4.69) is 33.8 Å². The molecule has 0 atom stereocenters. The van der Waals surface area contributed by atoms with Crippen LogP contribution < -0.4 is 5.32 Å². The van der Waals surface area contributed by atoms with Gasteiger partial charge < -0.3 is 15.0 Å². The van der Waals surface area contributed by atoms with Crippen LogP contribution in [0.2, 0.25) is 0 Å². The topological polar surface area (TPSA) is 36.9 Å². The SMILES string of the molecule is CN=C(NCCCOCC(F)(F)F)N1CCSC(C)(C)C1.I. The van der Waals surface area contributed by atoms with Gasteiger partial charge in [0.2, 0.25) is 0 Å². The van der Waals surface area contributed by atoms with Crippen molar-refractivity contribution in [2.45, 2.75) is 31.2 Å². The Bertz CT molecular complexity index is 354. The van der Waals surface area contributed by atoms with Crippen LogP contribution in [0.25, 0.3) is 0 Å². The zero-order valence-corrected chi connectivity index (χ0v) is 16.3. The van der Waals surface area contributed by atoms with Crippen LogP contribution in [0, 0.1) is 0 Å². The van der Waals surface area contributed by atoms with Gasteiger partial charge in [-0.05, 0) is 20.3 Å². The summed E-state index contributed by atoms with van der Waals surface area (Å²) >= 11 is 1.94. The molecule has 4 nitrogen and oxygen atoms in total. The smallest absolute Gasteiger partial charge is 0.372 e. The van der Waals surface area contributed by atoms with E-state index in [1.54, 1.807) is 7.05 Å². The number of alkyl halides is 3. The van der Waals surface area contributed by atoms with Crippen LogP contribution >= 0.6 is 35.7 Å². The van der Waals surface area contributed by atoms with Crippen LogP contribution in [0.15, 0.2) is 4.99 Å². The zero-order chi connectivity index (χ0) is 15.9. The van der Waals surface area contributed by atoms with Gasteiger partial charge in [-0.3, -0.25) is 4.99 Å². The van der Waals surface area contributed by atoms with E-state index in [1.807, 2.05) is 11.8 Å². The Labute approximate surface area is 151 Å². The van der Waals surface area contributed by atoms with Crippen molar-refractivity contribution < 1.29 is 17.9 Å². The Morgan fingerprint density at radius 2 is 2.09 bits per heavy atom. The fourth-order valence-electron chi connectivity index (χ4n) is 2.09. The van der Waals surface area contributed by atoms with Gasteiger partial charge in [-0.15, -0.1) is 24.0 Å². The van der Waals surface area contributed by atoms with Crippen molar-refractivity contribution in [3.05, 3.63) is 0 Å². The van der Waals surface area contributed by atoms with Gasteiger partial charge in [0.1, 0.15) is 6.61 Å². The highest BCUT2D eigenvalue weighted by Gasteiger charge is 2.29. The highest BCUT2D eigenvalue weighted by molar-refractivity contribution is 14.0. The summed E-state index contributed by atoms with van der Waals surface area (Å²) in [5, 5.41) is 3.18. The first kappa shape index (κ1) is 22.1. The molecule has 22 heavy (non-hydrogen) atoms. The molecule has 1 aliphatic rings. The Balaban J connectivity index is 0.00000441. The molecule has 0 unspecified atom stereocenters. The first-order valence-corrected chi connectivity index (χ1v) is 7.96. The molecule has 1 rings (SSSR count). The van der Waals surface area contributed by atoms with Crippen molar-refractivity contribution in [3.8, 4) is 0 Å². The highest BCUT2D eigenvalue weighted by Crippen LogP contribution is 2.29. The molecule has 132 valence electrons. The molecular weight excluding hydrogens is 430 g/mol. The van der Waals surface area contributed by atoms with Crippen molar-refractivity contribution >= 4 is 41.7 Å². The monoisotopic (exact) mass is 455 g/mol. The standard InChI is InChI=1S/C13H24F3N3OS.HI/c1-12(2)9-19(6-8-21-12)11(17-3)18-5-4-7-20-10-13(14,15)16;/h4-10H2,1-3H3,(H,17,18);1H. The van der Waals surface area contributed by atoms with Gasteiger partial charge in [0, 0.05) is 43.8 Å². The first-order valence-electron chi connectivity index (χ1n) is 6.97. The van der Waals surface area contributed by atoms with E-state index in [1.165, 1.54) is 0 Å². The summed E-state index contributed by atoms with van der Waals surface area (Å²) in [6.07, 6.45) is -3.73. The number of hydrogen-bond acceptors (Lipinski definition) is 3. The fourth-order valence-corrected chi connectivity index (χ4v) is 3.20. The van der Waals surface area contributed by atoms with Crippen LogP contribution in [0.3, 0.4) is 0 Å². The lowest BCUT2D eigenvalue weighted by atomic mass is 10.2. The summed E-state index contributed by atoms with van der Waals surface area (Å²) in [5.41, 5.74) is 0. The number of nitrogens with one attached hydrogen (secondary N) is 1. The predicted octanol–water partition coefficient (Wildman–Crippen LogP) is 2.98. The predicted molar refractivity (Wildman–Crippen MR) is 96.4 cm³/mol. The summed E-state index contributed by atoms with van der Waals surface area (Å²) in [6, 6.07) is 0. The van der Waals surface area contributed by atoms with E-state index in [0.717, 1.165) is 24.8 Å². The quantitative estimate of drug-likeness (QED) is 0.300. The van der Waals surface area contributed by atoms with Gasteiger partial charge in [-0.2, -0.15) is 24.9 Å². The number of ether oxygens (including phenoxy) is 1. The third-order valence-electron chi connectivity index (χ3n) is 2.95. The number of rotatable bonds is 5.